The van der Waals surface area contributed by atoms with Gasteiger partial charge in [0, 0.05) is 27.0 Å². The van der Waals surface area contributed by atoms with Crippen LogP contribution in [0.3, 0.4) is 0 Å². The summed E-state index contributed by atoms with van der Waals surface area (Å²) in [5.74, 6) is 0.476. The van der Waals surface area contributed by atoms with Crippen molar-refractivity contribution in [2.24, 2.45) is 0 Å². The Morgan fingerprint density at radius 1 is 0.763 bits per heavy atom. The number of para-hydroxylation sites is 1. The number of aromatic nitrogens is 1. The van der Waals surface area contributed by atoms with Gasteiger partial charge in [-0.1, -0.05) is 78.5 Å². The van der Waals surface area contributed by atoms with E-state index in [2.05, 4.69) is 65.6 Å². The number of fused-ring (bicyclic) bond motifs is 8. The van der Waals surface area contributed by atoms with Crippen LogP contribution in [-0.2, 0) is 6.42 Å². The zero-order valence-electron chi connectivity index (χ0n) is 19.9. The lowest BCUT2D eigenvalue weighted by molar-refractivity contribution is 0.622. The van der Waals surface area contributed by atoms with Crippen molar-refractivity contribution in [2.75, 3.05) is 0 Å². The van der Waals surface area contributed by atoms with Gasteiger partial charge >= 0.3 is 0 Å². The first kappa shape index (κ1) is 24.5. The topological polar surface area (TPSA) is 63.1 Å². The molecule has 4 heterocycles. The molecule has 8 rings (SSSR count). The maximum atomic E-state index is 11.8. The Bertz CT molecular complexity index is 2010. The molecular formula is C31H20ClNO3S2. The van der Waals surface area contributed by atoms with Crippen LogP contribution in [0.2, 0.25) is 0 Å². The van der Waals surface area contributed by atoms with E-state index in [4.69, 9.17) is 4.42 Å². The summed E-state index contributed by atoms with van der Waals surface area (Å²) in [6.07, 6.45) is 1.06. The lowest BCUT2D eigenvalue weighted by atomic mass is 9.98. The minimum atomic E-state index is -0.392. The molecule has 4 aliphatic heterocycles. The Morgan fingerprint density at radius 3 is 2.42 bits per heavy atom. The van der Waals surface area contributed by atoms with Gasteiger partial charge in [0.05, 0.1) is 16.0 Å². The molecule has 1 N–H and O–H groups in total. The maximum Gasteiger partial charge on any atom is 0.262 e. The highest BCUT2D eigenvalue weighted by atomic mass is 35.5. The number of hydrogen-bond donors (Lipinski definition) is 1. The predicted octanol–water partition coefficient (Wildman–Crippen LogP) is 8.07. The SMILES string of the molecule is Cl.O=c1[nH]c(=O)c2c3oc4ccccc4cc-3scc1-2.c1ccc2c(c1)Cc1c(ccc3ccccc13)S2. The molecule has 4 aromatic carbocycles. The van der Waals surface area contributed by atoms with Gasteiger partial charge in [0.1, 0.15) is 5.58 Å². The first-order valence-electron chi connectivity index (χ1n) is 11.9. The van der Waals surface area contributed by atoms with Crippen molar-refractivity contribution in [3.05, 3.63) is 128 Å². The molecule has 4 aliphatic rings. The van der Waals surface area contributed by atoms with Crippen LogP contribution in [0.15, 0.2) is 120 Å². The van der Waals surface area contributed by atoms with Crippen molar-refractivity contribution in [2.45, 2.75) is 16.2 Å². The van der Waals surface area contributed by atoms with Crippen molar-refractivity contribution < 1.29 is 4.42 Å². The Kier molecular flexibility index (Phi) is 6.32. The third kappa shape index (κ3) is 4.11. The number of aromatic amines is 1. The normalized spacial score (nSPS) is 12.0. The van der Waals surface area contributed by atoms with E-state index >= 15 is 0 Å². The minimum Gasteiger partial charge on any atom is -0.454 e. The molecule has 0 unspecified atom stereocenters. The summed E-state index contributed by atoms with van der Waals surface area (Å²) in [5.41, 5.74) is 3.61. The minimum absolute atomic E-state index is 0. The average Bonchev–Trinajstić information content (AvgIpc) is 3.24. The van der Waals surface area contributed by atoms with Crippen molar-refractivity contribution >= 4 is 57.2 Å². The smallest absolute Gasteiger partial charge is 0.262 e. The van der Waals surface area contributed by atoms with Crippen LogP contribution in [-0.4, -0.2) is 4.98 Å². The van der Waals surface area contributed by atoms with Crippen LogP contribution in [0, 0.1) is 0 Å². The average molecular weight is 554 g/mol. The van der Waals surface area contributed by atoms with Crippen molar-refractivity contribution in [1.29, 1.82) is 0 Å². The van der Waals surface area contributed by atoms with Gasteiger partial charge in [0.15, 0.2) is 5.76 Å². The largest absolute Gasteiger partial charge is 0.454 e. The Labute approximate surface area is 232 Å². The second-order valence-electron chi connectivity index (χ2n) is 8.94. The van der Waals surface area contributed by atoms with Crippen LogP contribution >= 0.6 is 35.5 Å². The molecule has 0 amide bonds. The number of rotatable bonds is 0. The third-order valence-electron chi connectivity index (χ3n) is 6.70. The molecule has 0 spiro atoms. The summed E-state index contributed by atoms with van der Waals surface area (Å²) in [4.78, 5) is 29.4. The molecule has 4 nitrogen and oxygen atoms in total. The van der Waals surface area contributed by atoms with E-state index in [0.29, 0.717) is 22.5 Å². The molecule has 0 aromatic heterocycles. The van der Waals surface area contributed by atoms with E-state index in [0.717, 1.165) is 16.7 Å². The van der Waals surface area contributed by atoms with Crippen LogP contribution in [0.1, 0.15) is 11.1 Å². The summed E-state index contributed by atoms with van der Waals surface area (Å²) in [7, 11) is 0. The molecule has 186 valence electrons. The summed E-state index contributed by atoms with van der Waals surface area (Å²) in [5, 5.41) is 5.41. The number of nitrogens with one attached hydrogen (secondary N) is 1. The van der Waals surface area contributed by atoms with Crippen molar-refractivity contribution in [3.63, 3.8) is 0 Å². The molecule has 0 aliphatic carbocycles. The van der Waals surface area contributed by atoms with Gasteiger partial charge in [-0.25, -0.2) is 0 Å². The molecule has 7 heteroatoms. The summed E-state index contributed by atoms with van der Waals surface area (Å²) >= 11 is 3.29. The van der Waals surface area contributed by atoms with E-state index in [-0.39, 0.29) is 18.0 Å². The summed E-state index contributed by atoms with van der Waals surface area (Å²) in [6, 6.07) is 31.4. The molecule has 0 saturated heterocycles. The van der Waals surface area contributed by atoms with Gasteiger partial charge in [-0.2, -0.15) is 0 Å². The second-order valence-corrected chi connectivity index (χ2v) is 10.9. The third-order valence-corrected chi connectivity index (χ3v) is 8.83. The number of hydrogen-bond acceptors (Lipinski definition) is 5. The number of halogens is 1. The summed E-state index contributed by atoms with van der Waals surface area (Å²) < 4.78 is 5.81. The highest BCUT2D eigenvalue weighted by molar-refractivity contribution is 7.99. The Balaban J connectivity index is 0.000000136. The standard InChI is InChI=1S/C17H12S.C14H7NO3S.ClH/c1-3-7-14-12(5-1)9-10-17-15(14)11-13-6-2-4-8-16(13)18-17;16-13-8-6-19-10-5-7-3-1-2-4-9(7)18-12(10)11(8)14(17)15-13;/h1-10H,11H2;1-6H,(H,15,16,17);1H. The highest BCUT2D eigenvalue weighted by Crippen LogP contribution is 2.42. The van der Waals surface area contributed by atoms with Gasteiger partial charge in [0.25, 0.3) is 11.1 Å². The zero-order valence-corrected chi connectivity index (χ0v) is 22.3. The number of benzene rings is 4. The van der Waals surface area contributed by atoms with Crippen molar-refractivity contribution in [3.8, 4) is 21.8 Å². The van der Waals surface area contributed by atoms with E-state index in [1.54, 1.807) is 5.38 Å². The monoisotopic (exact) mass is 553 g/mol. The van der Waals surface area contributed by atoms with Crippen molar-refractivity contribution in [1.82, 2.24) is 4.98 Å². The van der Waals surface area contributed by atoms with Gasteiger partial charge in [-0.3, -0.25) is 14.6 Å². The van der Waals surface area contributed by atoms with E-state index < -0.39 is 5.56 Å². The first-order chi connectivity index (χ1) is 18.2. The molecular weight excluding hydrogens is 534 g/mol. The van der Waals surface area contributed by atoms with Gasteiger partial charge in [-0.15, -0.1) is 23.7 Å². The quantitative estimate of drug-likeness (QED) is 0.193. The van der Waals surface area contributed by atoms with E-state index in [1.807, 2.05) is 42.1 Å². The van der Waals surface area contributed by atoms with Gasteiger partial charge in [-0.05, 0) is 46.2 Å². The molecule has 0 radical (unpaired) electrons. The fourth-order valence-corrected chi connectivity index (χ4v) is 6.91. The predicted molar refractivity (Wildman–Crippen MR) is 159 cm³/mol. The van der Waals surface area contributed by atoms with Crippen LogP contribution in [0.4, 0.5) is 0 Å². The van der Waals surface area contributed by atoms with Crippen LogP contribution in [0.25, 0.3) is 43.5 Å². The Hall–Kier alpha value is -3.84. The molecule has 0 atom stereocenters. The lowest BCUT2D eigenvalue weighted by Crippen LogP contribution is -2.05. The lowest BCUT2D eigenvalue weighted by Gasteiger charge is -2.20. The zero-order chi connectivity index (χ0) is 24.9. The van der Waals surface area contributed by atoms with Crippen LogP contribution < -0.4 is 11.1 Å². The molecule has 0 bridgehead atoms. The molecule has 4 aromatic rings. The Morgan fingerprint density at radius 2 is 1.53 bits per heavy atom. The fourth-order valence-electron chi connectivity index (χ4n) is 4.90. The fraction of sp³-hybridized carbons (Fsp3) is 0.0323. The molecule has 0 fully saturated rings. The highest BCUT2D eigenvalue weighted by Gasteiger charge is 2.23. The first-order valence-corrected chi connectivity index (χ1v) is 13.6. The molecule has 0 saturated carbocycles. The summed E-state index contributed by atoms with van der Waals surface area (Å²) in [6.45, 7) is 0. The van der Waals surface area contributed by atoms with E-state index in [9.17, 15) is 9.59 Å². The van der Waals surface area contributed by atoms with Gasteiger partial charge in [0.2, 0.25) is 0 Å². The second kappa shape index (κ2) is 9.80. The van der Waals surface area contributed by atoms with Gasteiger partial charge < -0.3 is 4.42 Å². The molecule has 38 heavy (non-hydrogen) atoms. The number of H-pyrrole nitrogens is 1. The van der Waals surface area contributed by atoms with E-state index in [1.165, 1.54) is 43.0 Å². The maximum absolute atomic E-state index is 11.8. The van der Waals surface area contributed by atoms with Crippen LogP contribution in [0.5, 0.6) is 0 Å².